The third kappa shape index (κ3) is 6.81. The van der Waals surface area contributed by atoms with Gasteiger partial charge in [-0.05, 0) is 103 Å². The van der Waals surface area contributed by atoms with Crippen LogP contribution in [0.1, 0.15) is 91.4 Å². The average Bonchev–Trinajstić information content (AvgIpc) is 3.51. The number of ether oxygens (including phenoxy) is 3. The summed E-state index contributed by atoms with van der Waals surface area (Å²) in [5, 5.41) is 17.0. The standard InChI is InChI=1S/C41H62N4O7S2/c1-5-22(2)38(48)52-40(3)11-10-24-21-53-54-33-9-8-30(43-4)29-20-45(37(29)33)35(47)15-27-19-44-34(42)16-28(27)36(24)41(40)18-26-14-25-13-23(7-6-12-46)39(49)50-31(25)17-32(26)51-41/h5,10,23,25-34,36-37,43-44,46H,6-9,11-21,42H2,1-4H3. The van der Waals surface area contributed by atoms with Crippen LogP contribution in [0.15, 0.2) is 23.3 Å². The molecule has 7 fully saturated rings. The van der Waals surface area contributed by atoms with Crippen molar-refractivity contribution in [3.63, 3.8) is 0 Å². The Morgan fingerprint density at radius 2 is 2.00 bits per heavy atom. The fourth-order valence-electron chi connectivity index (χ4n) is 12.2. The number of amides is 1. The summed E-state index contributed by atoms with van der Waals surface area (Å²) in [6.45, 7) is 7.29. The molecule has 1 amide bonds. The molecule has 5 N–H and O–H groups in total. The first-order chi connectivity index (χ1) is 26.0. The normalized spacial score (nSPS) is 46.3. The van der Waals surface area contributed by atoms with Gasteiger partial charge in [0.25, 0.3) is 0 Å². The molecule has 2 saturated carbocycles. The molecule has 13 heteroatoms. The topological polar surface area (TPSA) is 152 Å². The molecule has 15 atom stereocenters. The molecule has 0 aromatic rings. The van der Waals surface area contributed by atoms with Crippen molar-refractivity contribution in [3.05, 3.63) is 23.3 Å². The van der Waals surface area contributed by atoms with Gasteiger partial charge in [0.1, 0.15) is 17.3 Å². The highest BCUT2D eigenvalue weighted by Gasteiger charge is 2.68. The number of aliphatic hydroxyl groups excluding tert-OH is 1. The zero-order valence-electron chi connectivity index (χ0n) is 32.5. The van der Waals surface area contributed by atoms with Crippen molar-refractivity contribution in [3.8, 4) is 0 Å². The zero-order valence-corrected chi connectivity index (χ0v) is 34.1. The van der Waals surface area contributed by atoms with E-state index in [2.05, 4.69) is 35.6 Å². The first-order valence-electron chi connectivity index (χ1n) is 20.8. The van der Waals surface area contributed by atoms with Crippen LogP contribution in [-0.2, 0) is 28.6 Å². The highest BCUT2D eigenvalue weighted by Crippen LogP contribution is 2.62. The molecule has 11 nitrogen and oxygen atoms in total. The van der Waals surface area contributed by atoms with Gasteiger partial charge in [-0.1, -0.05) is 39.3 Å². The maximum Gasteiger partial charge on any atom is 0.334 e. The van der Waals surface area contributed by atoms with Crippen LogP contribution in [0.2, 0.25) is 0 Å². The number of carbonyl (C=O) groups is 3. The number of allylic oxidation sites excluding steroid dienone is 1. The van der Waals surface area contributed by atoms with Gasteiger partial charge in [0, 0.05) is 73.4 Å². The van der Waals surface area contributed by atoms with Gasteiger partial charge in [-0.25, -0.2) is 4.79 Å². The number of hydrogen-bond donors (Lipinski definition) is 4. The Morgan fingerprint density at radius 1 is 1.17 bits per heavy atom. The summed E-state index contributed by atoms with van der Waals surface area (Å²) in [5.74, 6) is 1.32. The summed E-state index contributed by atoms with van der Waals surface area (Å²) >= 11 is 0. The van der Waals surface area contributed by atoms with Crippen molar-refractivity contribution in [2.45, 2.75) is 138 Å². The molecule has 1 spiro atoms. The zero-order chi connectivity index (χ0) is 37.9. The van der Waals surface area contributed by atoms with E-state index in [1.54, 1.807) is 13.0 Å². The lowest BCUT2D eigenvalue weighted by atomic mass is 9.56. The smallest absolute Gasteiger partial charge is 0.334 e. The monoisotopic (exact) mass is 786 g/mol. The van der Waals surface area contributed by atoms with Crippen LogP contribution in [0, 0.1) is 41.4 Å². The molecule has 8 rings (SSSR count). The average molecular weight is 787 g/mol. The summed E-state index contributed by atoms with van der Waals surface area (Å²) in [6, 6.07) is 0.717. The lowest BCUT2D eigenvalue weighted by Gasteiger charge is -2.59. The highest BCUT2D eigenvalue weighted by molar-refractivity contribution is 8.77. The fourth-order valence-corrected chi connectivity index (χ4v) is 15.3. The second kappa shape index (κ2) is 15.6. The Bertz CT molecular complexity index is 1530. The Balaban J connectivity index is 1.17. The minimum absolute atomic E-state index is 0.0371. The summed E-state index contributed by atoms with van der Waals surface area (Å²) in [7, 11) is 5.94. The van der Waals surface area contributed by atoms with Crippen molar-refractivity contribution < 1.29 is 33.7 Å². The van der Waals surface area contributed by atoms with Crippen molar-refractivity contribution >= 4 is 39.4 Å². The van der Waals surface area contributed by atoms with Crippen LogP contribution >= 0.6 is 21.6 Å². The van der Waals surface area contributed by atoms with Crippen LogP contribution in [0.4, 0.5) is 0 Å². The third-order valence-corrected chi connectivity index (χ3v) is 18.0. The van der Waals surface area contributed by atoms with Crippen molar-refractivity contribution in [1.82, 2.24) is 15.5 Å². The number of carbonyl (C=O) groups excluding carboxylic acids is 3. The molecule has 54 heavy (non-hydrogen) atoms. The summed E-state index contributed by atoms with van der Waals surface area (Å²) < 4.78 is 20.5. The van der Waals surface area contributed by atoms with Crippen molar-refractivity contribution in [2.75, 3.05) is 32.5 Å². The number of piperidine rings is 1. The quantitative estimate of drug-likeness (QED) is 0.131. The molecular formula is C41H62N4O7S2. The van der Waals surface area contributed by atoms with E-state index in [0.29, 0.717) is 67.9 Å². The molecule has 5 heterocycles. The minimum Gasteiger partial charge on any atom is -0.462 e. The number of hydrogen-bond acceptors (Lipinski definition) is 12. The molecule has 5 aliphatic heterocycles. The predicted molar refractivity (Wildman–Crippen MR) is 210 cm³/mol. The van der Waals surface area contributed by atoms with E-state index in [1.807, 2.05) is 28.5 Å². The van der Waals surface area contributed by atoms with E-state index in [0.717, 1.165) is 44.4 Å². The van der Waals surface area contributed by atoms with Crippen LogP contribution < -0.4 is 16.4 Å². The van der Waals surface area contributed by atoms with Gasteiger partial charge in [-0.15, -0.1) is 0 Å². The minimum atomic E-state index is -0.967. The Hall–Kier alpha value is -1.61. The van der Waals surface area contributed by atoms with Gasteiger partial charge < -0.3 is 40.6 Å². The Kier molecular flexibility index (Phi) is 11.3. The van der Waals surface area contributed by atoms with Gasteiger partial charge in [0.15, 0.2) is 0 Å². The SMILES string of the molecule is CC=C(C)C(=O)OC1(C)CC=C2CSSC3CCC(NC)C4CN(C(=O)CC5CNC(N)CC5C2C12CC1CC5CC(CCCO)C(=O)OC5CC1O2)C34. The van der Waals surface area contributed by atoms with Gasteiger partial charge in [0.05, 0.1) is 24.2 Å². The molecule has 0 aromatic carbocycles. The number of aliphatic hydroxyl groups is 1. The Morgan fingerprint density at radius 3 is 2.78 bits per heavy atom. The maximum absolute atomic E-state index is 14.4. The van der Waals surface area contributed by atoms with Crippen LogP contribution in [0.3, 0.4) is 0 Å². The second-order valence-electron chi connectivity index (χ2n) is 18.0. The van der Waals surface area contributed by atoms with E-state index in [4.69, 9.17) is 19.9 Å². The number of nitrogens with one attached hydrogen (secondary N) is 2. The summed E-state index contributed by atoms with van der Waals surface area (Å²) in [6.07, 6.45) is 11.7. The third-order valence-electron chi connectivity index (χ3n) is 15.2. The van der Waals surface area contributed by atoms with Crippen molar-refractivity contribution in [1.29, 1.82) is 0 Å². The fraction of sp³-hybridized carbons (Fsp3) is 0.829. The largest absolute Gasteiger partial charge is 0.462 e. The van der Waals surface area contributed by atoms with E-state index in [1.165, 1.54) is 5.57 Å². The second-order valence-corrected chi connectivity index (χ2v) is 20.6. The van der Waals surface area contributed by atoms with Crippen LogP contribution in [0.25, 0.3) is 0 Å². The van der Waals surface area contributed by atoms with Crippen LogP contribution in [0.5, 0.6) is 0 Å². The number of fused-ring (bicyclic) bond motifs is 6. The molecular weight excluding hydrogens is 725 g/mol. The van der Waals surface area contributed by atoms with Crippen LogP contribution in [-0.4, -0.2) is 107 Å². The van der Waals surface area contributed by atoms with E-state index >= 15 is 0 Å². The number of esters is 2. The van der Waals surface area contributed by atoms with E-state index in [-0.39, 0.29) is 84.4 Å². The van der Waals surface area contributed by atoms with Gasteiger partial charge in [-0.2, -0.15) is 0 Å². The summed E-state index contributed by atoms with van der Waals surface area (Å²) in [5.41, 5.74) is 6.86. The lowest BCUT2D eigenvalue weighted by Crippen LogP contribution is -2.70. The lowest BCUT2D eigenvalue weighted by molar-refractivity contribution is -0.229. The number of nitrogens with zero attached hydrogens (tertiary/aromatic N) is 1. The molecule has 8 aliphatic rings. The predicted octanol–water partition coefficient (Wildman–Crippen LogP) is 4.33. The molecule has 0 aromatic heterocycles. The van der Waals surface area contributed by atoms with Gasteiger partial charge in [0.2, 0.25) is 5.91 Å². The van der Waals surface area contributed by atoms with Crippen molar-refractivity contribution in [2.24, 2.45) is 47.2 Å². The van der Waals surface area contributed by atoms with E-state index < -0.39 is 11.2 Å². The first-order valence-corrected chi connectivity index (χ1v) is 23.2. The molecule has 15 unspecified atom stereocenters. The number of nitrogens with two attached hydrogens (primary N) is 1. The highest BCUT2D eigenvalue weighted by atomic mass is 33.1. The Labute approximate surface area is 328 Å². The van der Waals surface area contributed by atoms with Gasteiger partial charge in [-0.3, -0.25) is 9.59 Å². The summed E-state index contributed by atoms with van der Waals surface area (Å²) in [4.78, 5) is 43.5. The molecule has 300 valence electrons. The van der Waals surface area contributed by atoms with E-state index in [9.17, 15) is 19.5 Å². The first kappa shape index (κ1) is 39.2. The molecule has 0 bridgehead atoms. The molecule has 5 saturated heterocycles. The number of rotatable bonds is 6. The molecule has 3 aliphatic carbocycles. The maximum atomic E-state index is 14.4. The van der Waals surface area contributed by atoms with Gasteiger partial charge >= 0.3 is 11.9 Å². The molecule has 0 radical (unpaired) electrons.